The predicted octanol–water partition coefficient (Wildman–Crippen LogP) is 4.17. The van der Waals surface area contributed by atoms with Crippen molar-refractivity contribution >= 4 is 40.9 Å². The maximum atomic E-state index is 13.2. The highest BCUT2D eigenvalue weighted by molar-refractivity contribution is 6.42. The minimum absolute atomic E-state index is 0.00559. The lowest BCUT2D eigenvalue weighted by Gasteiger charge is -2.38. The first-order valence-electron chi connectivity index (χ1n) is 11.2. The van der Waals surface area contributed by atoms with E-state index in [1.165, 1.54) is 0 Å². The molecule has 9 heteroatoms. The summed E-state index contributed by atoms with van der Waals surface area (Å²) in [5.74, 6) is 0.493. The van der Waals surface area contributed by atoms with Gasteiger partial charge in [-0.3, -0.25) is 14.4 Å². The Labute approximate surface area is 203 Å². The van der Waals surface area contributed by atoms with E-state index in [0.717, 1.165) is 12.8 Å². The number of piperidine rings is 2. The second kappa shape index (κ2) is 10.2. The number of carbonyl (C=O) groups is 3. The van der Waals surface area contributed by atoms with E-state index in [0.29, 0.717) is 66.1 Å². The van der Waals surface area contributed by atoms with Gasteiger partial charge in [-0.2, -0.15) is 0 Å². The number of nitrogens with one attached hydrogen (secondary N) is 1. The van der Waals surface area contributed by atoms with E-state index in [-0.39, 0.29) is 29.7 Å². The van der Waals surface area contributed by atoms with Gasteiger partial charge in [-0.1, -0.05) is 23.2 Å². The molecular formula is C24H27Cl2N3O4. The Bertz CT molecular complexity index is 1050. The number of aryl methyl sites for hydroxylation is 1. The van der Waals surface area contributed by atoms with Crippen LogP contribution in [0.2, 0.25) is 10.0 Å². The number of amides is 3. The van der Waals surface area contributed by atoms with Gasteiger partial charge in [-0.15, -0.1) is 0 Å². The summed E-state index contributed by atoms with van der Waals surface area (Å²) in [5, 5.41) is 3.73. The second-order valence-electron chi connectivity index (χ2n) is 8.70. The SMILES string of the molecule is Cc1ccc(C(=O)NC2CCN(C(=O)C3CCCN(C(=O)c4ccc(Cl)c(Cl)c4)C3)CC2)o1. The minimum atomic E-state index is -0.225. The molecule has 0 spiro atoms. The molecule has 7 nitrogen and oxygen atoms in total. The molecule has 1 atom stereocenters. The third-order valence-electron chi connectivity index (χ3n) is 6.33. The first-order valence-corrected chi connectivity index (χ1v) is 12.0. The fraction of sp³-hybridized carbons (Fsp3) is 0.458. The standard InChI is InChI=1S/C24H27Cl2N3O4/c1-15-4-7-21(33-15)22(30)27-18-8-11-28(12-9-18)24(32)17-3-2-10-29(14-17)23(31)16-5-6-19(25)20(26)13-16/h4-7,13,17-18H,2-3,8-12,14H2,1H3,(H,27,30). The van der Waals surface area contributed by atoms with Gasteiger partial charge < -0.3 is 19.5 Å². The number of halogens is 2. The molecule has 0 saturated carbocycles. The van der Waals surface area contributed by atoms with Gasteiger partial charge in [-0.05, 0) is 62.9 Å². The molecule has 0 radical (unpaired) electrons. The van der Waals surface area contributed by atoms with E-state index in [1.54, 1.807) is 42.2 Å². The number of nitrogens with zero attached hydrogens (tertiary/aromatic N) is 2. The van der Waals surface area contributed by atoms with E-state index in [9.17, 15) is 14.4 Å². The summed E-state index contributed by atoms with van der Waals surface area (Å²) >= 11 is 12.0. The maximum Gasteiger partial charge on any atom is 0.287 e. The Morgan fingerprint density at radius 2 is 1.73 bits per heavy atom. The summed E-state index contributed by atoms with van der Waals surface area (Å²) in [7, 11) is 0. The number of likely N-dealkylation sites (tertiary alicyclic amines) is 2. The van der Waals surface area contributed by atoms with Gasteiger partial charge in [0.25, 0.3) is 11.8 Å². The molecule has 3 heterocycles. The van der Waals surface area contributed by atoms with Crippen LogP contribution in [0.25, 0.3) is 0 Å². The smallest absolute Gasteiger partial charge is 0.287 e. The Morgan fingerprint density at radius 3 is 2.39 bits per heavy atom. The highest BCUT2D eigenvalue weighted by Crippen LogP contribution is 2.26. The number of furan rings is 1. The molecule has 2 aliphatic heterocycles. The van der Waals surface area contributed by atoms with Gasteiger partial charge in [0.15, 0.2) is 5.76 Å². The Kier molecular flexibility index (Phi) is 7.29. The van der Waals surface area contributed by atoms with Crippen LogP contribution < -0.4 is 5.32 Å². The van der Waals surface area contributed by atoms with E-state index < -0.39 is 0 Å². The zero-order valence-electron chi connectivity index (χ0n) is 18.5. The third kappa shape index (κ3) is 5.53. The molecule has 0 aliphatic carbocycles. The van der Waals surface area contributed by atoms with E-state index >= 15 is 0 Å². The van der Waals surface area contributed by atoms with E-state index in [4.69, 9.17) is 27.6 Å². The molecular weight excluding hydrogens is 465 g/mol. The number of hydrogen-bond donors (Lipinski definition) is 1. The van der Waals surface area contributed by atoms with Crippen molar-refractivity contribution in [2.75, 3.05) is 26.2 Å². The van der Waals surface area contributed by atoms with Crippen LogP contribution in [0.4, 0.5) is 0 Å². The molecule has 1 aromatic heterocycles. The summed E-state index contributed by atoms with van der Waals surface area (Å²) in [6, 6.07) is 8.27. The summed E-state index contributed by atoms with van der Waals surface area (Å²) in [6.07, 6.45) is 2.92. The van der Waals surface area contributed by atoms with Crippen LogP contribution in [0.3, 0.4) is 0 Å². The molecule has 1 unspecified atom stereocenters. The van der Waals surface area contributed by atoms with Crippen molar-refractivity contribution in [2.24, 2.45) is 5.92 Å². The molecule has 33 heavy (non-hydrogen) atoms. The minimum Gasteiger partial charge on any atom is -0.456 e. The number of rotatable bonds is 4. The van der Waals surface area contributed by atoms with Gasteiger partial charge in [0.05, 0.1) is 16.0 Å². The van der Waals surface area contributed by atoms with Gasteiger partial charge in [0.1, 0.15) is 5.76 Å². The van der Waals surface area contributed by atoms with Gasteiger partial charge >= 0.3 is 0 Å². The zero-order chi connectivity index (χ0) is 23.5. The lowest BCUT2D eigenvalue weighted by Crippen LogP contribution is -2.51. The van der Waals surface area contributed by atoms with Crippen LogP contribution in [0, 0.1) is 12.8 Å². The summed E-state index contributed by atoms with van der Waals surface area (Å²) < 4.78 is 5.38. The highest BCUT2D eigenvalue weighted by atomic mass is 35.5. The van der Waals surface area contributed by atoms with Crippen molar-refractivity contribution in [3.8, 4) is 0 Å². The van der Waals surface area contributed by atoms with Gasteiger partial charge in [0.2, 0.25) is 5.91 Å². The molecule has 0 bridgehead atoms. The van der Waals surface area contributed by atoms with Crippen molar-refractivity contribution in [2.45, 2.75) is 38.6 Å². The Hall–Kier alpha value is -2.51. The zero-order valence-corrected chi connectivity index (χ0v) is 20.0. The van der Waals surface area contributed by atoms with Gasteiger partial charge in [-0.25, -0.2) is 0 Å². The van der Waals surface area contributed by atoms with Crippen LogP contribution in [-0.2, 0) is 4.79 Å². The molecule has 176 valence electrons. The molecule has 2 aromatic rings. The highest BCUT2D eigenvalue weighted by Gasteiger charge is 2.33. The second-order valence-corrected chi connectivity index (χ2v) is 9.52. The van der Waals surface area contributed by atoms with Crippen LogP contribution in [0.15, 0.2) is 34.7 Å². The quantitative estimate of drug-likeness (QED) is 0.695. The molecule has 1 N–H and O–H groups in total. The van der Waals surface area contributed by atoms with Crippen LogP contribution in [0.1, 0.15) is 52.4 Å². The third-order valence-corrected chi connectivity index (χ3v) is 7.07. The monoisotopic (exact) mass is 491 g/mol. The Balaban J connectivity index is 1.29. The number of benzene rings is 1. The fourth-order valence-corrected chi connectivity index (χ4v) is 4.79. The largest absolute Gasteiger partial charge is 0.456 e. The number of carbonyl (C=O) groups excluding carboxylic acids is 3. The van der Waals surface area contributed by atoms with Crippen molar-refractivity contribution < 1.29 is 18.8 Å². The van der Waals surface area contributed by atoms with Crippen LogP contribution >= 0.6 is 23.2 Å². The van der Waals surface area contributed by atoms with Crippen molar-refractivity contribution in [1.82, 2.24) is 15.1 Å². The number of hydrogen-bond acceptors (Lipinski definition) is 4. The average molecular weight is 492 g/mol. The molecule has 2 fully saturated rings. The van der Waals surface area contributed by atoms with Gasteiger partial charge in [0, 0.05) is 37.8 Å². The van der Waals surface area contributed by atoms with E-state index in [2.05, 4.69) is 5.32 Å². The lowest BCUT2D eigenvalue weighted by atomic mass is 9.94. The first kappa shape index (κ1) is 23.6. The summed E-state index contributed by atoms with van der Waals surface area (Å²) in [6.45, 7) is 3.97. The van der Waals surface area contributed by atoms with Crippen molar-refractivity contribution in [3.05, 3.63) is 57.5 Å². The lowest BCUT2D eigenvalue weighted by molar-refractivity contribution is -0.138. The van der Waals surface area contributed by atoms with Crippen LogP contribution in [0.5, 0.6) is 0 Å². The first-order chi connectivity index (χ1) is 15.8. The molecule has 1 aromatic carbocycles. The molecule has 4 rings (SSSR count). The van der Waals surface area contributed by atoms with Crippen molar-refractivity contribution in [3.63, 3.8) is 0 Å². The summed E-state index contributed by atoms with van der Waals surface area (Å²) in [5.41, 5.74) is 0.473. The predicted molar refractivity (Wildman–Crippen MR) is 126 cm³/mol. The van der Waals surface area contributed by atoms with Crippen LogP contribution in [-0.4, -0.2) is 59.7 Å². The molecule has 2 saturated heterocycles. The summed E-state index contributed by atoms with van der Waals surface area (Å²) in [4.78, 5) is 42.0. The molecule has 2 aliphatic rings. The average Bonchev–Trinajstić information content (AvgIpc) is 3.27. The molecule has 3 amide bonds. The fourth-order valence-electron chi connectivity index (χ4n) is 4.49. The maximum absolute atomic E-state index is 13.2. The van der Waals surface area contributed by atoms with Crippen molar-refractivity contribution in [1.29, 1.82) is 0 Å². The normalized spacial score (nSPS) is 19.4. The Morgan fingerprint density at radius 1 is 0.970 bits per heavy atom. The topological polar surface area (TPSA) is 82.9 Å². The van der Waals surface area contributed by atoms with E-state index in [1.807, 2.05) is 4.90 Å².